The lowest BCUT2D eigenvalue weighted by atomic mass is 10.1. The van der Waals surface area contributed by atoms with Crippen LogP contribution in [0.1, 0.15) is 12.0 Å². The number of nitrogens with zero attached hydrogens (tertiary/aromatic N) is 1. The van der Waals surface area contributed by atoms with Crippen LogP contribution in [0.15, 0.2) is 60.8 Å². The number of rotatable bonds is 8. The van der Waals surface area contributed by atoms with Crippen molar-refractivity contribution >= 4 is 22.5 Å². The van der Waals surface area contributed by atoms with E-state index in [0.29, 0.717) is 13.0 Å². The molecule has 1 heterocycles. The van der Waals surface area contributed by atoms with Crippen LogP contribution >= 0.6 is 0 Å². The molecule has 0 bridgehead atoms. The van der Waals surface area contributed by atoms with Crippen molar-refractivity contribution in [3.8, 4) is 0 Å². The molecular formula is C21H26N4O. The van der Waals surface area contributed by atoms with Gasteiger partial charge in [0.05, 0.1) is 6.04 Å². The monoisotopic (exact) mass is 350 g/mol. The van der Waals surface area contributed by atoms with Crippen LogP contribution in [0.2, 0.25) is 0 Å². The van der Waals surface area contributed by atoms with Gasteiger partial charge >= 0.3 is 0 Å². The van der Waals surface area contributed by atoms with E-state index in [4.69, 9.17) is 5.73 Å². The van der Waals surface area contributed by atoms with Crippen molar-refractivity contribution < 1.29 is 4.79 Å². The lowest BCUT2D eigenvalue weighted by molar-refractivity contribution is -0.121. The molecule has 5 heteroatoms. The van der Waals surface area contributed by atoms with Crippen LogP contribution in [0.4, 0.5) is 5.69 Å². The van der Waals surface area contributed by atoms with Gasteiger partial charge in [-0.3, -0.25) is 9.69 Å². The van der Waals surface area contributed by atoms with E-state index in [9.17, 15) is 4.79 Å². The number of para-hydroxylation sites is 2. The molecular weight excluding hydrogens is 324 g/mol. The average molecular weight is 350 g/mol. The summed E-state index contributed by atoms with van der Waals surface area (Å²) in [5.41, 5.74) is 8.97. The molecule has 3 aromatic rings. The zero-order chi connectivity index (χ0) is 18.4. The third kappa shape index (κ3) is 4.31. The van der Waals surface area contributed by atoms with E-state index in [1.807, 2.05) is 49.5 Å². The molecule has 2 aromatic carbocycles. The van der Waals surface area contributed by atoms with Crippen molar-refractivity contribution in [2.45, 2.75) is 18.9 Å². The van der Waals surface area contributed by atoms with E-state index in [0.717, 1.165) is 24.2 Å². The number of anilines is 1. The molecule has 0 aliphatic heterocycles. The smallest absolute Gasteiger partial charge is 0.241 e. The molecule has 1 amide bonds. The van der Waals surface area contributed by atoms with Gasteiger partial charge in [-0.05, 0) is 50.2 Å². The van der Waals surface area contributed by atoms with Gasteiger partial charge < -0.3 is 16.0 Å². The zero-order valence-electron chi connectivity index (χ0n) is 15.1. The minimum absolute atomic E-state index is 0.0110. The molecule has 0 radical (unpaired) electrons. The quantitative estimate of drug-likeness (QED) is 0.585. The summed E-state index contributed by atoms with van der Waals surface area (Å²) in [4.78, 5) is 18.1. The molecule has 1 aromatic heterocycles. The van der Waals surface area contributed by atoms with Crippen LogP contribution in [0.3, 0.4) is 0 Å². The predicted octanol–water partition coefficient (Wildman–Crippen LogP) is 3.00. The minimum atomic E-state index is -0.245. The summed E-state index contributed by atoms with van der Waals surface area (Å²) in [5.74, 6) is -0.0110. The molecule has 0 saturated carbocycles. The van der Waals surface area contributed by atoms with Gasteiger partial charge in [0, 0.05) is 29.3 Å². The Kier molecular flexibility index (Phi) is 6.04. The molecule has 3 rings (SSSR count). The lowest BCUT2D eigenvalue weighted by Crippen LogP contribution is -2.44. The highest BCUT2D eigenvalue weighted by atomic mass is 16.2. The second kappa shape index (κ2) is 8.65. The Hall–Kier alpha value is -2.63. The van der Waals surface area contributed by atoms with Crippen molar-refractivity contribution in [3.63, 3.8) is 0 Å². The molecule has 0 fully saturated rings. The van der Waals surface area contributed by atoms with Crippen LogP contribution in [-0.2, 0) is 11.2 Å². The number of hydrogen-bond acceptors (Lipinski definition) is 3. The van der Waals surface area contributed by atoms with Gasteiger partial charge in [0.1, 0.15) is 0 Å². The summed E-state index contributed by atoms with van der Waals surface area (Å²) >= 11 is 0. The second-order valence-corrected chi connectivity index (χ2v) is 6.54. The number of benzene rings is 2. The largest absolute Gasteiger partial charge is 0.361 e. The van der Waals surface area contributed by atoms with E-state index in [1.165, 1.54) is 10.9 Å². The van der Waals surface area contributed by atoms with Gasteiger partial charge in [0.2, 0.25) is 5.91 Å². The highest BCUT2D eigenvalue weighted by molar-refractivity contribution is 5.94. The number of likely N-dealkylation sites (N-methyl/N-ethyl adjacent to an activating group) is 1. The maximum absolute atomic E-state index is 12.7. The molecule has 136 valence electrons. The Bertz CT molecular complexity index is 843. The Morgan fingerprint density at radius 2 is 1.88 bits per heavy atom. The van der Waals surface area contributed by atoms with Gasteiger partial charge in [-0.2, -0.15) is 0 Å². The first-order valence-corrected chi connectivity index (χ1v) is 9.00. The van der Waals surface area contributed by atoms with Crippen molar-refractivity contribution in [2.75, 3.05) is 25.5 Å². The number of fused-ring (bicyclic) bond motifs is 1. The molecule has 0 spiro atoms. The van der Waals surface area contributed by atoms with Gasteiger partial charge in [-0.15, -0.1) is 0 Å². The van der Waals surface area contributed by atoms with Crippen LogP contribution in [0, 0.1) is 0 Å². The number of aromatic amines is 1. The van der Waals surface area contributed by atoms with E-state index in [1.54, 1.807) is 0 Å². The van der Waals surface area contributed by atoms with Gasteiger partial charge in [0.15, 0.2) is 0 Å². The van der Waals surface area contributed by atoms with Crippen molar-refractivity contribution in [3.05, 3.63) is 66.4 Å². The van der Waals surface area contributed by atoms with Crippen molar-refractivity contribution in [1.82, 2.24) is 9.88 Å². The molecule has 5 nitrogen and oxygen atoms in total. The van der Waals surface area contributed by atoms with E-state index in [-0.39, 0.29) is 11.9 Å². The number of hydrogen-bond donors (Lipinski definition) is 3. The standard InChI is InChI=1S/C21H26N4O/c1-25(14-12-16-15-23-19-10-6-5-9-18(16)19)20(11-13-22)21(26)24-17-7-3-2-4-8-17/h2-10,15,20,23H,11-14,22H2,1H3,(H,24,26). The molecule has 1 atom stereocenters. The number of amides is 1. The lowest BCUT2D eigenvalue weighted by Gasteiger charge is -2.26. The highest BCUT2D eigenvalue weighted by Crippen LogP contribution is 2.19. The van der Waals surface area contributed by atoms with Crippen LogP contribution in [0.25, 0.3) is 10.9 Å². The summed E-state index contributed by atoms with van der Waals surface area (Å²) in [5, 5.41) is 4.23. The number of nitrogens with one attached hydrogen (secondary N) is 2. The fraction of sp³-hybridized carbons (Fsp3) is 0.286. The van der Waals surface area contributed by atoms with Crippen LogP contribution in [-0.4, -0.2) is 42.0 Å². The SMILES string of the molecule is CN(CCc1c[nH]c2ccccc12)C(CCN)C(=O)Nc1ccccc1. The average Bonchev–Trinajstić information content (AvgIpc) is 3.08. The van der Waals surface area contributed by atoms with Gasteiger partial charge in [0.25, 0.3) is 0 Å². The van der Waals surface area contributed by atoms with Crippen LogP contribution in [0.5, 0.6) is 0 Å². The molecule has 26 heavy (non-hydrogen) atoms. The number of nitrogens with two attached hydrogens (primary N) is 1. The number of carbonyl (C=O) groups is 1. The minimum Gasteiger partial charge on any atom is -0.361 e. The summed E-state index contributed by atoms with van der Waals surface area (Å²) < 4.78 is 0. The van der Waals surface area contributed by atoms with Gasteiger partial charge in [-0.1, -0.05) is 36.4 Å². The van der Waals surface area contributed by atoms with E-state index < -0.39 is 0 Å². The molecule has 4 N–H and O–H groups in total. The molecule has 0 aliphatic rings. The fourth-order valence-electron chi connectivity index (χ4n) is 3.25. The fourth-order valence-corrected chi connectivity index (χ4v) is 3.25. The Morgan fingerprint density at radius 1 is 1.15 bits per heavy atom. The summed E-state index contributed by atoms with van der Waals surface area (Å²) in [7, 11) is 1.99. The summed E-state index contributed by atoms with van der Waals surface area (Å²) in [6.45, 7) is 1.26. The maximum atomic E-state index is 12.7. The first-order valence-electron chi connectivity index (χ1n) is 9.00. The van der Waals surface area contributed by atoms with Crippen molar-refractivity contribution in [2.24, 2.45) is 5.73 Å². The highest BCUT2D eigenvalue weighted by Gasteiger charge is 2.22. The number of H-pyrrole nitrogens is 1. The third-order valence-corrected chi connectivity index (χ3v) is 4.72. The zero-order valence-corrected chi connectivity index (χ0v) is 15.1. The summed E-state index contributed by atoms with van der Waals surface area (Å²) in [6, 6.07) is 17.6. The number of aromatic nitrogens is 1. The number of carbonyl (C=O) groups excluding carboxylic acids is 1. The molecule has 0 saturated heterocycles. The van der Waals surface area contributed by atoms with Crippen LogP contribution < -0.4 is 11.1 Å². The topological polar surface area (TPSA) is 74.1 Å². The molecule has 0 aliphatic carbocycles. The van der Waals surface area contributed by atoms with Crippen molar-refractivity contribution in [1.29, 1.82) is 0 Å². The Labute approximate surface area is 154 Å². The first-order chi connectivity index (χ1) is 12.7. The normalized spacial score (nSPS) is 12.4. The third-order valence-electron chi connectivity index (χ3n) is 4.72. The Morgan fingerprint density at radius 3 is 2.65 bits per heavy atom. The van der Waals surface area contributed by atoms with E-state index in [2.05, 4.69) is 33.5 Å². The predicted molar refractivity (Wildman–Crippen MR) is 107 cm³/mol. The van der Waals surface area contributed by atoms with Gasteiger partial charge in [-0.25, -0.2) is 0 Å². The first kappa shape index (κ1) is 18.2. The van der Waals surface area contributed by atoms with E-state index >= 15 is 0 Å². The summed E-state index contributed by atoms with van der Waals surface area (Å²) in [6.07, 6.45) is 3.56. The molecule has 1 unspecified atom stereocenters. The Balaban J connectivity index is 1.64. The maximum Gasteiger partial charge on any atom is 0.241 e. The second-order valence-electron chi connectivity index (χ2n) is 6.54.